The summed E-state index contributed by atoms with van der Waals surface area (Å²) >= 11 is 6.76. The molecule has 1 aromatic rings. The molecule has 0 fully saturated rings. The molecule has 0 aliphatic heterocycles. The molecule has 1 atom stereocenters. The Bertz CT molecular complexity index is 331. The molecule has 0 saturated heterocycles. The number of hydrogen-bond donors (Lipinski definition) is 2. The van der Waals surface area contributed by atoms with E-state index in [0.717, 1.165) is 14.8 Å². The lowest BCUT2D eigenvalue weighted by Crippen LogP contribution is -2.26. The van der Waals surface area contributed by atoms with Gasteiger partial charge in [0.05, 0.1) is 17.1 Å². The van der Waals surface area contributed by atoms with Gasteiger partial charge in [-0.15, -0.1) is 0 Å². The maximum absolute atomic E-state index is 8.92. The van der Waals surface area contributed by atoms with Gasteiger partial charge in [0.2, 0.25) is 0 Å². The average Bonchev–Trinajstić information content (AvgIpc) is 2.23. The largest absolute Gasteiger partial charge is 0.396 e. The Balaban J connectivity index is 2.68. The third-order valence-corrected chi connectivity index (χ3v) is 3.03. The van der Waals surface area contributed by atoms with Gasteiger partial charge in [0.1, 0.15) is 5.82 Å². The third kappa shape index (κ3) is 4.37. The molecule has 1 rings (SSSR count). The molecule has 4 nitrogen and oxygen atoms in total. The van der Waals surface area contributed by atoms with Crippen molar-refractivity contribution < 1.29 is 9.84 Å². The maximum atomic E-state index is 8.92. The first kappa shape index (κ1) is 13.9. The summed E-state index contributed by atoms with van der Waals surface area (Å²) in [6.45, 7) is 0.653. The smallest absolute Gasteiger partial charge is 0.140 e. The van der Waals surface area contributed by atoms with E-state index in [4.69, 9.17) is 9.84 Å². The zero-order chi connectivity index (χ0) is 12.0. The fourth-order valence-electron chi connectivity index (χ4n) is 1.27. The van der Waals surface area contributed by atoms with Crippen molar-refractivity contribution in [2.75, 3.05) is 25.6 Å². The molecule has 0 aliphatic rings. The van der Waals surface area contributed by atoms with Gasteiger partial charge in [-0.2, -0.15) is 0 Å². The first-order valence-electron chi connectivity index (χ1n) is 4.84. The number of pyridine rings is 1. The summed E-state index contributed by atoms with van der Waals surface area (Å²) in [4.78, 5) is 4.24. The molecule has 0 aromatic carbocycles. The Kier molecular flexibility index (Phi) is 6.26. The van der Waals surface area contributed by atoms with Crippen molar-refractivity contribution in [3.8, 4) is 0 Å². The van der Waals surface area contributed by atoms with Gasteiger partial charge < -0.3 is 15.2 Å². The highest BCUT2D eigenvalue weighted by atomic mass is 79.9. The van der Waals surface area contributed by atoms with Gasteiger partial charge in [-0.25, -0.2) is 4.98 Å². The van der Waals surface area contributed by atoms with Gasteiger partial charge in [0, 0.05) is 24.4 Å². The Hall–Kier alpha value is -0.170. The second kappa shape index (κ2) is 7.21. The molecule has 0 spiro atoms. The number of rotatable bonds is 6. The molecule has 0 saturated carbocycles. The number of nitrogens with one attached hydrogen (secondary N) is 1. The number of methoxy groups -OCH3 is 1. The van der Waals surface area contributed by atoms with E-state index in [-0.39, 0.29) is 12.6 Å². The fourth-order valence-corrected chi connectivity index (χ4v) is 2.37. The zero-order valence-corrected chi connectivity index (χ0v) is 12.1. The second-order valence-electron chi connectivity index (χ2n) is 3.29. The normalized spacial score (nSPS) is 12.5. The molecule has 0 aliphatic carbocycles. The van der Waals surface area contributed by atoms with E-state index >= 15 is 0 Å². The number of halogens is 2. The van der Waals surface area contributed by atoms with Crippen LogP contribution in [0.4, 0.5) is 5.82 Å². The minimum atomic E-state index is 0.0555. The fraction of sp³-hybridized carbons (Fsp3) is 0.500. The van der Waals surface area contributed by atoms with Crippen molar-refractivity contribution in [3.63, 3.8) is 0 Å². The molecule has 2 N–H and O–H groups in total. The van der Waals surface area contributed by atoms with Gasteiger partial charge in [-0.1, -0.05) is 0 Å². The number of nitrogens with zero attached hydrogens (tertiary/aromatic N) is 1. The summed E-state index contributed by atoms with van der Waals surface area (Å²) in [5, 5.41) is 12.1. The molecule has 1 heterocycles. The van der Waals surface area contributed by atoms with Crippen molar-refractivity contribution in [1.29, 1.82) is 0 Å². The van der Waals surface area contributed by atoms with Crippen LogP contribution in [0.1, 0.15) is 6.42 Å². The van der Waals surface area contributed by atoms with E-state index in [1.54, 1.807) is 13.3 Å². The number of anilines is 1. The number of aliphatic hydroxyl groups excluding tert-OH is 1. The lowest BCUT2D eigenvalue weighted by molar-refractivity contribution is 0.170. The first-order chi connectivity index (χ1) is 7.67. The SMILES string of the molecule is COCC(CCO)Nc1ncc(Br)cc1Br. The summed E-state index contributed by atoms with van der Waals surface area (Å²) in [6.07, 6.45) is 2.34. The molecule has 1 aromatic heterocycles. The highest BCUT2D eigenvalue weighted by Gasteiger charge is 2.10. The molecular weight excluding hydrogens is 340 g/mol. The molecule has 0 radical (unpaired) electrons. The van der Waals surface area contributed by atoms with Crippen LogP contribution in [-0.4, -0.2) is 36.5 Å². The molecule has 0 amide bonds. The summed E-state index contributed by atoms with van der Waals surface area (Å²) in [7, 11) is 1.64. The molecule has 90 valence electrons. The predicted molar refractivity (Wildman–Crippen MR) is 70.6 cm³/mol. The maximum Gasteiger partial charge on any atom is 0.140 e. The summed E-state index contributed by atoms with van der Waals surface area (Å²) in [6, 6.07) is 1.97. The van der Waals surface area contributed by atoms with Crippen LogP contribution in [0.2, 0.25) is 0 Å². The first-order valence-corrected chi connectivity index (χ1v) is 6.43. The van der Waals surface area contributed by atoms with Gasteiger partial charge in [-0.05, 0) is 44.3 Å². The molecule has 6 heteroatoms. The predicted octanol–water partition coefficient (Wildman–Crippen LogP) is 2.42. The van der Waals surface area contributed by atoms with E-state index in [2.05, 4.69) is 42.2 Å². The van der Waals surface area contributed by atoms with Crippen LogP contribution in [0.5, 0.6) is 0 Å². The minimum Gasteiger partial charge on any atom is -0.396 e. The van der Waals surface area contributed by atoms with Crippen LogP contribution in [0.15, 0.2) is 21.2 Å². The van der Waals surface area contributed by atoms with E-state index in [9.17, 15) is 0 Å². The van der Waals surface area contributed by atoms with Crippen LogP contribution < -0.4 is 5.32 Å². The topological polar surface area (TPSA) is 54.4 Å². The highest BCUT2D eigenvalue weighted by Crippen LogP contribution is 2.24. The lowest BCUT2D eigenvalue weighted by Gasteiger charge is -2.18. The molecular formula is C10H14Br2N2O2. The van der Waals surface area contributed by atoms with Gasteiger partial charge >= 0.3 is 0 Å². The Morgan fingerprint density at radius 2 is 2.31 bits per heavy atom. The van der Waals surface area contributed by atoms with Crippen LogP contribution in [0.3, 0.4) is 0 Å². The zero-order valence-electron chi connectivity index (χ0n) is 8.91. The Morgan fingerprint density at radius 3 is 2.88 bits per heavy atom. The number of hydrogen-bond acceptors (Lipinski definition) is 4. The third-order valence-electron chi connectivity index (χ3n) is 1.99. The molecule has 1 unspecified atom stereocenters. The van der Waals surface area contributed by atoms with Crippen LogP contribution in [0, 0.1) is 0 Å². The van der Waals surface area contributed by atoms with E-state index in [1.165, 1.54) is 0 Å². The summed E-state index contributed by atoms with van der Waals surface area (Å²) < 4.78 is 6.85. The van der Waals surface area contributed by atoms with E-state index in [0.29, 0.717) is 13.0 Å². The number of aliphatic hydroxyl groups is 1. The number of ether oxygens (including phenoxy) is 1. The van der Waals surface area contributed by atoms with Gasteiger partial charge in [0.25, 0.3) is 0 Å². The standard InChI is InChI=1S/C10H14Br2N2O2/c1-16-6-8(2-3-15)14-10-9(12)4-7(11)5-13-10/h4-5,8,15H,2-3,6H2,1H3,(H,13,14). The van der Waals surface area contributed by atoms with Crippen molar-refractivity contribution in [2.45, 2.75) is 12.5 Å². The molecule has 0 bridgehead atoms. The lowest BCUT2D eigenvalue weighted by atomic mass is 10.2. The van der Waals surface area contributed by atoms with E-state index in [1.807, 2.05) is 6.07 Å². The van der Waals surface area contributed by atoms with Crippen LogP contribution in [-0.2, 0) is 4.74 Å². The van der Waals surface area contributed by atoms with Crippen LogP contribution in [0.25, 0.3) is 0 Å². The van der Waals surface area contributed by atoms with Crippen molar-refractivity contribution in [1.82, 2.24) is 4.98 Å². The van der Waals surface area contributed by atoms with Crippen molar-refractivity contribution in [2.24, 2.45) is 0 Å². The van der Waals surface area contributed by atoms with Gasteiger partial charge in [-0.3, -0.25) is 0 Å². The quantitative estimate of drug-likeness (QED) is 0.824. The van der Waals surface area contributed by atoms with E-state index < -0.39 is 0 Å². The Labute approximate surface area is 112 Å². The van der Waals surface area contributed by atoms with Gasteiger partial charge in [0.15, 0.2) is 0 Å². The van der Waals surface area contributed by atoms with Crippen molar-refractivity contribution >= 4 is 37.7 Å². The Morgan fingerprint density at radius 1 is 1.56 bits per heavy atom. The highest BCUT2D eigenvalue weighted by molar-refractivity contribution is 9.11. The van der Waals surface area contributed by atoms with Crippen molar-refractivity contribution in [3.05, 3.63) is 21.2 Å². The van der Waals surface area contributed by atoms with Crippen LogP contribution >= 0.6 is 31.9 Å². The minimum absolute atomic E-state index is 0.0555. The second-order valence-corrected chi connectivity index (χ2v) is 5.06. The average molecular weight is 354 g/mol. The summed E-state index contributed by atoms with van der Waals surface area (Å²) in [5.41, 5.74) is 0. The summed E-state index contributed by atoms with van der Waals surface area (Å²) in [5.74, 6) is 0.749. The monoisotopic (exact) mass is 352 g/mol. The molecule has 16 heavy (non-hydrogen) atoms. The number of aromatic nitrogens is 1.